The van der Waals surface area contributed by atoms with Gasteiger partial charge < -0.3 is 10.6 Å². The zero-order valence-electron chi connectivity index (χ0n) is 14.8. The molecule has 4 rings (SSSR count). The van der Waals surface area contributed by atoms with Gasteiger partial charge >= 0.3 is 0 Å². The monoisotopic (exact) mass is 337 g/mol. The predicted molar refractivity (Wildman–Crippen MR) is 96.7 cm³/mol. The smallest absolute Gasteiger partial charge is 0.235 e. The molecule has 2 N–H and O–H groups in total. The van der Waals surface area contributed by atoms with E-state index in [1.807, 2.05) is 26.2 Å². The minimum atomic E-state index is -0.517. The van der Waals surface area contributed by atoms with Gasteiger partial charge in [0.1, 0.15) is 5.82 Å². The molecule has 130 valence electrons. The van der Waals surface area contributed by atoms with E-state index in [0.29, 0.717) is 17.9 Å². The first-order valence-corrected chi connectivity index (χ1v) is 8.87. The molecule has 1 aliphatic heterocycles. The van der Waals surface area contributed by atoms with Crippen LogP contribution in [-0.4, -0.2) is 26.9 Å². The molecule has 0 bridgehead atoms. The second-order valence-electron chi connectivity index (χ2n) is 7.48. The normalized spacial score (nSPS) is 23.6. The maximum absolute atomic E-state index is 12.2. The fourth-order valence-corrected chi connectivity index (χ4v) is 3.73. The van der Waals surface area contributed by atoms with Gasteiger partial charge in [0.25, 0.3) is 0 Å². The van der Waals surface area contributed by atoms with Crippen molar-refractivity contribution < 1.29 is 4.79 Å². The lowest BCUT2D eigenvalue weighted by Crippen LogP contribution is -2.36. The highest BCUT2D eigenvalue weighted by atomic mass is 16.2. The minimum Gasteiger partial charge on any atom is -0.351 e. The number of carbonyl (C=O) groups is 1. The Morgan fingerprint density at radius 1 is 1.24 bits per heavy atom. The van der Waals surface area contributed by atoms with Gasteiger partial charge in [-0.05, 0) is 56.2 Å². The molecule has 0 aromatic carbocycles. The number of carbonyl (C=O) groups excluding carboxylic acids is 1. The van der Waals surface area contributed by atoms with Crippen LogP contribution in [0.1, 0.15) is 56.2 Å². The Morgan fingerprint density at radius 3 is 2.64 bits per heavy atom. The second-order valence-corrected chi connectivity index (χ2v) is 7.48. The summed E-state index contributed by atoms with van der Waals surface area (Å²) in [4.78, 5) is 25.3. The van der Waals surface area contributed by atoms with E-state index in [4.69, 9.17) is 0 Å². The fraction of sp³-hybridized carbons (Fsp3) is 0.474. The summed E-state index contributed by atoms with van der Waals surface area (Å²) in [5.41, 5.74) is 2.93. The molecule has 2 aliphatic rings. The predicted octanol–water partition coefficient (Wildman–Crippen LogP) is 3.02. The Kier molecular flexibility index (Phi) is 3.71. The van der Waals surface area contributed by atoms with Gasteiger partial charge in [0.15, 0.2) is 0 Å². The number of rotatable bonds is 4. The minimum absolute atomic E-state index is 0.0286. The van der Waals surface area contributed by atoms with E-state index in [-0.39, 0.29) is 5.91 Å². The average Bonchev–Trinajstić information content (AvgIpc) is 2.81. The summed E-state index contributed by atoms with van der Waals surface area (Å²) < 4.78 is 0. The van der Waals surface area contributed by atoms with Gasteiger partial charge in [-0.3, -0.25) is 4.79 Å². The van der Waals surface area contributed by atoms with Crippen LogP contribution in [0.5, 0.6) is 0 Å². The van der Waals surface area contributed by atoms with Gasteiger partial charge in [-0.15, -0.1) is 0 Å². The van der Waals surface area contributed by atoms with E-state index in [1.165, 1.54) is 5.56 Å². The molecule has 0 unspecified atom stereocenters. The van der Waals surface area contributed by atoms with E-state index < -0.39 is 5.41 Å². The molecule has 1 aliphatic carbocycles. The standard InChI is InChI=1S/C19H23N5O/c1-4-11-9-21-18(22-10-11)23-13-7-12(8-13)14-5-6-20-16-15(14)19(2,3)17(25)24-16/h5-6,9-10,12-13H,4,7-8H2,1-3H3,(H,20,24,25)(H,21,22,23). The van der Waals surface area contributed by atoms with E-state index in [2.05, 4.69) is 38.6 Å². The summed E-state index contributed by atoms with van der Waals surface area (Å²) in [5.74, 6) is 1.89. The highest BCUT2D eigenvalue weighted by molar-refractivity contribution is 6.05. The van der Waals surface area contributed by atoms with Gasteiger partial charge in [0.2, 0.25) is 11.9 Å². The highest BCUT2D eigenvalue weighted by Crippen LogP contribution is 2.46. The SMILES string of the molecule is CCc1cnc(NC2CC(c3ccnc4c3C(C)(C)C(=O)N4)C2)nc1. The maximum Gasteiger partial charge on any atom is 0.235 e. The fourth-order valence-electron chi connectivity index (χ4n) is 3.73. The van der Waals surface area contributed by atoms with Gasteiger partial charge in [-0.1, -0.05) is 6.92 Å². The number of hydrogen-bond donors (Lipinski definition) is 2. The lowest BCUT2D eigenvalue weighted by Gasteiger charge is -2.38. The Morgan fingerprint density at radius 2 is 1.96 bits per heavy atom. The van der Waals surface area contributed by atoms with E-state index in [0.717, 1.165) is 36.2 Å². The first-order chi connectivity index (χ1) is 12.0. The lowest BCUT2D eigenvalue weighted by atomic mass is 9.71. The van der Waals surface area contributed by atoms with Crippen molar-refractivity contribution in [3.8, 4) is 0 Å². The number of pyridine rings is 1. The molecule has 3 heterocycles. The second kappa shape index (κ2) is 5.79. The number of aryl methyl sites for hydroxylation is 1. The summed E-state index contributed by atoms with van der Waals surface area (Å²) in [5, 5.41) is 6.31. The van der Waals surface area contributed by atoms with Gasteiger partial charge in [-0.2, -0.15) is 0 Å². The Bertz CT molecular complexity index is 809. The molecule has 0 atom stereocenters. The third-order valence-corrected chi connectivity index (χ3v) is 5.43. The summed E-state index contributed by atoms with van der Waals surface area (Å²) in [6, 6.07) is 2.43. The third-order valence-electron chi connectivity index (χ3n) is 5.43. The van der Waals surface area contributed by atoms with Crippen LogP contribution in [0.25, 0.3) is 0 Å². The van der Waals surface area contributed by atoms with Gasteiger partial charge in [-0.25, -0.2) is 15.0 Å². The zero-order valence-corrected chi connectivity index (χ0v) is 14.8. The molecule has 0 spiro atoms. The summed E-state index contributed by atoms with van der Waals surface area (Å²) >= 11 is 0. The molecule has 1 saturated carbocycles. The van der Waals surface area contributed by atoms with Crippen molar-refractivity contribution in [3.63, 3.8) is 0 Å². The molecule has 0 saturated heterocycles. The van der Waals surface area contributed by atoms with E-state index in [9.17, 15) is 4.79 Å². The van der Waals surface area contributed by atoms with Crippen LogP contribution in [0.3, 0.4) is 0 Å². The van der Waals surface area contributed by atoms with Crippen molar-refractivity contribution in [1.29, 1.82) is 0 Å². The molecular formula is C19H23N5O. The van der Waals surface area contributed by atoms with Crippen molar-refractivity contribution in [2.45, 2.75) is 57.4 Å². The first-order valence-electron chi connectivity index (χ1n) is 8.87. The number of nitrogens with one attached hydrogen (secondary N) is 2. The number of anilines is 2. The number of fused-ring (bicyclic) bond motifs is 1. The number of aromatic nitrogens is 3. The Balaban J connectivity index is 1.47. The van der Waals surface area contributed by atoms with Crippen LogP contribution < -0.4 is 10.6 Å². The number of amides is 1. The lowest BCUT2D eigenvalue weighted by molar-refractivity contribution is -0.119. The van der Waals surface area contributed by atoms with Gasteiger partial charge in [0.05, 0.1) is 5.41 Å². The molecule has 6 heteroatoms. The van der Waals surface area contributed by atoms with Crippen LogP contribution in [-0.2, 0) is 16.6 Å². The van der Waals surface area contributed by atoms with Crippen LogP contribution in [0.4, 0.5) is 11.8 Å². The molecule has 6 nitrogen and oxygen atoms in total. The molecule has 1 fully saturated rings. The van der Waals surface area contributed by atoms with E-state index in [1.54, 1.807) is 6.20 Å². The largest absolute Gasteiger partial charge is 0.351 e. The topological polar surface area (TPSA) is 79.8 Å². The highest BCUT2D eigenvalue weighted by Gasteiger charge is 2.44. The van der Waals surface area contributed by atoms with Crippen LogP contribution in [0, 0.1) is 0 Å². The van der Waals surface area contributed by atoms with Crippen molar-refractivity contribution in [2.24, 2.45) is 0 Å². The Labute approximate surface area is 147 Å². The Hall–Kier alpha value is -2.50. The molecule has 0 radical (unpaired) electrons. The van der Waals surface area contributed by atoms with Crippen molar-refractivity contribution in [2.75, 3.05) is 10.6 Å². The summed E-state index contributed by atoms with van der Waals surface area (Å²) in [7, 11) is 0. The van der Waals surface area contributed by atoms with Crippen LogP contribution >= 0.6 is 0 Å². The molecule has 25 heavy (non-hydrogen) atoms. The van der Waals surface area contributed by atoms with Crippen LogP contribution in [0.2, 0.25) is 0 Å². The quantitative estimate of drug-likeness (QED) is 0.896. The van der Waals surface area contributed by atoms with Crippen molar-refractivity contribution in [1.82, 2.24) is 15.0 Å². The molecule has 1 amide bonds. The van der Waals surface area contributed by atoms with Crippen molar-refractivity contribution >= 4 is 17.7 Å². The summed E-state index contributed by atoms with van der Waals surface area (Å²) in [6.45, 7) is 6.03. The number of nitrogens with zero attached hydrogens (tertiary/aromatic N) is 3. The summed E-state index contributed by atoms with van der Waals surface area (Å²) in [6.07, 6.45) is 8.52. The molecule has 2 aromatic rings. The van der Waals surface area contributed by atoms with Crippen molar-refractivity contribution in [3.05, 3.63) is 41.3 Å². The molecular weight excluding hydrogens is 314 g/mol. The van der Waals surface area contributed by atoms with Crippen LogP contribution in [0.15, 0.2) is 24.7 Å². The number of hydrogen-bond acceptors (Lipinski definition) is 5. The first kappa shape index (κ1) is 16.0. The maximum atomic E-state index is 12.2. The third kappa shape index (κ3) is 2.65. The molecule has 2 aromatic heterocycles. The van der Waals surface area contributed by atoms with E-state index >= 15 is 0 Å². The zero-order chi connectivity index (χ0) is 17.6. The average molecular weight is 337 g/mol. The van der Waals surface area contributed by atoms with Gasteiger partial charge in [0, 0.05) is 30.2 Å².